The number of nitrogens with zero attached hydrogens (tertiary/aromatic N) is 3. The number of carbonyl (C=O) groups excluding carboxylic acids is 2. The molecule has 1 N–H and O–H groups in total. The fraction of sp³-hybridized carbons (Fsp3) is 0.571. The van der Waals surface area contributed by atoms with E-state index in [0.717, 1.165) is 50.2 Å². The number of nitrogens with one attached hydrogen (secondary N) is 1. The predicted octanol–water partition coefficient (Wildman–Crippen LogP) is 1.79. The molecule has 2 aliphatic rings. The first-order valence-electron chi connectivity index (χ1n) is 9.96. The third-order valence-electron chi connectivity index (χ3n) is 5.79. The normalized spacial score (nSPS) is 22.3. The van der Waals surface area contributed by atoms with Gasteiger partial charge >= 0.3 is 0 Å². The van der Waals surface area contributed by atoms with Gasteiger partial charge in [-0.15, -0.1) is 0 Å². The number of hydrogen-bond donors (Lipinski definition) is 1. The van der Waals surface area contributed by atoms with Gasteiger partial charge in [0, 0.05) is 43.7 Å². The van der Waals surface area contributed by atoms with Crippen molar-refractivity contribution in [3.8, 4) is 11.8 Å². The molecular formula is C21H28N4O3. The van der Waals surface area contributed by atoms with Crippen molar-refractivity contribution in [3.63, 3.8) is 0 Å². The summed E-state index contributed by atoms with van der Waals surface area (Å²) in [5.41, 5.74) is 1.12. The summed E-state index contributed by atoms with van der Waals surface area (Å²) in [4.78, 5) is 29.7. The van der Waals surface area contributed by atoms with Crippen LogP contribution in [0, 0.1) is 23.2 Å². The van der Waals surface area contributed by atoms with Crippen molar-refractivity contribution in [1.29, 1.82) is 5.26 Å². The largest absolute Gasteiger partial charge is 0.497 e. The van der Waals surface area contributed by atoms with E-state index < -0.39 is 0 Å². The van der Waals surface area contributed by atoms with Crippen LogP contribution >= 0.6 is 0 Å². The van der Waals surface area contributed by atoms with Gasteiger partial charge in [-0.2, -0.15) is 5.26 Å². The molecule has 0 bridgehead atoms. The molecule has 7 nitrogen and oxygen atoms in total. The van der Waals surface area contributed by atoms with E-state index in [1.807, 2.05) is 35.2 Å². The Morgan fingerprint density at radius 3 is 2.36 bits per heavy atom. The molecule has 150 valence electrons. The van der Waals surface area contributed by atoms with Crippen LogP contribution in [-0.4, -0.2) is 56.5 Å². The van der Waals surface area contributed by atoms with Gasteiger partial charge in [-0.1, -0.05) is 12.8 Å². The number of benzene rings is 1. The van der Waals surface area contributed by atoms with E-state index in [1.165, 1.54) is 0 Å². The van der Waals surface area contributed by atoms with Gasteiger partial charge in [0.1, 0.15) is 12.3 Å². The molecule has 28 heavy (non-hydrogen) atoms. The lowest BCUT2D eigenvalue weighted by Gasteiger charge is -2.39. The third kappa shape index (κ3) is 4.56. The van der Waals surface area contributed by atoms with E-state index in [9.17, 15) is 9.59 Å². The van der Waals surface area contributed by atoms with Crippen LogP contribution in [0.2, 0.25) is 0 Å². The summed E-state index contributed by atoms with van der Waals surface area (Å²) < 4.78 is 5.20. The smallest absolute Gasteiger partial charge is 0.226 e. The van der Waals surface area contributed by atoms with Gasteiger partial charge in [-0.05, 0) is 37.1 Å². The predicted molar refractivity (Wildman–Crippen MR) is 106 cm³/mol. The van der Waals surface area contributed by atoms with Crippen LogP contribution in [0.4, 0.5) is 5.69 Å². The van der Waals surface area contributed by atoms with Crippen molar-refractivity contribution in [2.24, 2.45) is 11.8 Å². The van der Waals surface area contributed by atoms with Crippen molar-refractivity contribution in [3.05, 3.63) is 24.3 Å². The topological polar surface area (TPSA) is 85.7 Å². The lowest BCUT2D eigenvalue weighted by Crippen LogP contribution is -2.52. The summed E-state index contributed by atoms with van der Waals surface area (Å²) in [7, 11) is 1.65. The molecule has 2 fully saturated rings. The van der Waals surface area contributed by atoms with Crippen molar-refractivity contribution in [2.45, 2.75) is 25.7 Å². The maximum atomic E-state index is 13.1. The lowest BCUT2D eigenvalue weighted by atomic mass is 9.77. The quantitative estimate of drug-likeness (QED) is 0.783. The fourth-order valence-electron chi connectivity index (χ4n) is 4.21. The van der Waals surface area contributed by atoms with E-state index in [1.54, 1.807) is 7.11 Å². The Bertz CT molecular complexity index is 720. The Kier molecular flexibility index (Phi) is 6.75. The number of amides is 2. The average molecular weight is 384 g/mol. The number of piperazine rings is 1. The van der Waals surface area contributed by atoms with Gasteiger partial charge in [0.25, 0.3) is 0 Å². The van der Waals surface area contributed by atoms with Crippen LogP contribution in [0.15, 0.2) is 24.3 Å². The second kappa shape index (κ2) is 9.45. The highest BCUT2D eigenvalue weighted by molar-refractivity contribution is 5.88. The van der Waals surface area contributed by atoms with Gasteiger partial charge in [0.05, 0.1) is 13.2 Å². The molecule has 3 rings (SSSR count). The summed E-state index contributed by atoms with van der Waals surface area (Å²) >= 11 is 0. The molecule has 0 aromatic heterocycles. The first-order valence-corrected chi connectivity index (χ1v) is 9.96. The SMILES string of the molecule is COc1ccc(N2CCN(C(=O)[C@@H]3CCCC[C@H]3C(=O)NCC#N)CC2)cc1. The highest BCUT2D eigenvalue weighted by Crippen LogP contribution is 2.32. The molecule has 7 heteroatoms. The van der Waals surface area contributed by atoms with E-state index in [2.05, 4.69) is 10.2 Å². The first-order chi connectivity index (χ1) is 13.6. The van der Waals surface area contributed by atoms with Crippen molar-refractivity contribution >= 4 is 17.5 Å². The molecule has 1 saturated carbocycles. The zero-order valence-corrected chi connectivity index (χ0v) is 16.4. The number of nitriles is 1. The molecule has 1 saturated heterocycles. The molecule has 1 aromatic carbocycles. The first kappa shape index (κ1) is 20.0. The number of carbonyl (C=O) groups is 2. The summed E-state index contributed by atoms with van der Waals surface area (Å²) in [5, 5.41) is 11.3. The zero-order valence-electron chi connectivity index (χ0n) is 16.4. The van der Waals surface area contributed by atoms with Crippen LogP contribution in [0.5, 0.6) is 5.75 Å². The van der Waals surface area contributed by atoms with Gasteiger partial charge in [-0.25, -0.2) is 0 Å². The second-order valence-electron chi connectivity index (χ2n) is 7.38. The number of hydrogen-bond acceptors (Lipinski definition) is 5. The maximum absolute atomic E-state index is 13.1. The number of anilines is 1. The van der Waals surface area contributed by atoms with Gasteiger partial charge < -0.3 is 19.9 Å². The van der Waals surface area contributed by atoms with Crippen LogP contribution < -0.4 is 15.0 Å². The summed E-state index contributed by atoms with van der Waals surface area (Å²) in [6.07, 6.45) is 3.41. The third-order valence-corrected chi connectivity index (χ3v) is 5.79. The minimum atomic E-state index is -0.311. The van der Waals surface area contributed by atoms with E-state index in [0.29, 0.717) is 13.1 Å². The van der Waals surface area contributed by atoms with Crippen molar-refractivity contribution in [1.82, 2.24) is 10.2 Å². The van der Waals surface area contributed by atoms with Crippen LogP contribution in [-0.2, 0) is 9.59 Å². The van der Waals surface area contributed by atoms with Gasteiger partial charge in [-0.3, -0.25) is 9.59 Å². The molecule has 0 unspecified atom stereocenters. The average Bonchev–Trinajstić information content (AvgIpc) is 2.77. The number of methoxy groups -OCH3 is 1. The molecule has 1 heterocycles. The van der Waals surface area contributed by atoms with Crippen LogP contribution in [0.1, 0.15) is 25.7 Å². The molecule has 2 amide bonds. The van der Waals surface area contributed by atoms with Crippen molar-refractivity contribution in [2.75, 3.05) is 44.7 Å². The summed E-state index contributed by atoms with van der Waals surface area (Å²) in [6, 6.07) is 9.89. The summed E-state index contributed by atoms with van der Waals surface area (Å²) in [6.45, 7) is 2.87. The minimum Gasteiger partial charge on any atom is -0.497 e. The number of ether oxygens (including phenoxy) is 1. The molecule has 1 aliphatic heterocycles. The Morgan fingerprint density at radius 2 is 1.75 bits per heavy atom. The highest BCUT2D eigenvalue weighted by atomic mass is 16.5. The number of rotatable bonds is 5. The van der Waals surface area contributed by atoms with Gasteiger partial charge in [0.2, 0.25) is 11.8 Å². The fourth-order valence-corrected chi connectivity index (χ4v) is 4.21. The minimum absolute atomic E-state index is 0.00320. The van der Waals surface area contributed by atoms with E-state index in [4.69, 9.17) is 10.00 Å². The van der Waals surface area contributed by atoms with Gasteiger partial charge in [0.15, 0.2) is 0 Å². The standard InChI is InChI=1S/C21H28N4O3/c1-28-17-8-6-16(7-9-17)24-12-14-25(15-13-24)21(27)19-5-3-2-4-18(19)20(26)23-11-10-22/h6-9,18-19H,2-5,11-15H2,1H3,(H,23,26)/t18-,19-/m1/s1. The van der Waals surface area contributed by atoms with E-state index >= 15 is 0 Å². The molecule has 0 spiro atoms. The Balaban J connectivity index is 1.58. The Hall–Kier alpha value is -2.75. The highest BCUT2D eigenvalue weighted by Gasteiger charge is 2.38. The molecule has 2 atom stereocenters. The monoisotopic (exact) mass is 384 g/mol. The van der Waals surface area contributed by atoms with E-state index in [-0.39, 0.29) is 30.2 Å². The summed E-state index contributed by atoms with van der Waals surface area (Å²) in [5.74, 6) is 0.187. The second-order valence-corrected chi connectivity index (χ2v) is 7.38. The molecular weight excluding hydrogens is 356 g/mol. The molecule has 1 aliphatic carbocycles. The lowest BCUT2D eigenvalue weighted by molar-refractivity contribution is -0.143. The Labute approximate surface area is 166 Å². The van der Waals surface area contributed by atoms with Crippen LogP contribution in [0.3, 0.4) is 0 Å². The zero-order chi connectivity index (χ0) is 19.9. The molecule has 0 radical (unpaired) electrons. The van der Waals surface area contributed by atoms with Crippen molar-refractivity contribution < 1.29 is 14.3 Å². The van der Waals surface area contributed by atoms with Crippen LogP contribution in [0.25, 0.3) is 0 Å². The Morgan fingerprint density at radius 1 is 1.11 bits per heavy atom. The molecule has 1 aromatic rings. The maximum Gasteiger partial charge on any atom is 0.226 e.